The number of hydrogen-bond donors (Lipinski definition) is 2. The molecule has 6 heteroatoms. The summed E-state index contributed by atoms with van der Waals surface area (Å²) in [5.74, 6) is -0.437. The largest absolute Gasteiger partial charge is 0.507 e. The van der Waals surface area contributed by atoms with Gasteiger partial charge in [-0.1, -0.05) is 84.9 Å². The fourth-order valence-electron chi connectivity index (χ4n) is 4.81. The Morgan fingerprint density at radius 1 is 0.425 bits per heavy atom. The first kappa shape index (κ1) is 24.7. The number of rotatable bonds is 5. The molecule has 0 saturated heterocycles. The maximum absolute atomic E-state index is 13.5. The average molecular weight is 527 g/mol. The number of ether oxygens (including phenoxy) is 2. The van der Waals surface area contributed by atoms with Gasteiger partial charge in [-0.05, 0) is 47.5 Å². The molecular formula is C34H22O6. The van der Waals surface area contributed by atoms with Crippen LogP contribution < -0.4 is 9.47 Å². The van der Waals surface area contributed by atoms with Gasteiger partial charge in [0.25, 0.3) is 0 Å². The van der Waals surface area contributed by atoms with E-state index in [1.54, 1.807) is 121 Å². The smallest absolute Gasteiger partial charge is 0.344 e. The highest BCUT2D eigenvalue weighted by molar-refractivity contribution is 6.06. The predicted molar refractivity (Wildman–Crippen MR) is 153 cm³/mol. The zero-order chi connectivity index (χ0) is 27.6. The van der Waals surface area contributed by atoms with E-state index in [1.807, 2.05) is 0 Å². The highest BCUT2D eigenvalue weighted by Gasteiger charge is 2.22. The van der Waals surface area contributed by atoms with E-state index in [4.69, 9.17) is 9.47 Å². The van der Waals surface area contributed by atoms with Crippen LogP contribution in [0.1, 0.15) is 20.7 Å². The Kier molecular flexibility index (Phi) is 6.34. The lowest BCUT2D eigenvalue weighted by atomic mass is 9.95. The van der Waals surface area contributed by atoms with E-state index in [0.29, 0.717) is 44.2 Å². The van der Waals surface area contributed by atoms with E-state index in [-0.39, 0.29) is 22.6 Å². The average Bonchev–Trinajstić information content (AvgIpc) is 2.98. The zero-order valence-electron chi connectivity index (χ0n) is 21.1. The minimum Gasteiger partial charge on any atom is -0.507 e. The summed E-state index contributed by atoms with van der Waals surface area (Å²) in [6.45, 7) is 0. The van der Waals surface area contributed by atoms with Gasteiger partial charge < -0.3 is 19.7 Å². The van der Waals surface area contributed by atoms with Crippen molar-refractivity contribution in [1.29, 1.82) is 0 Å². The van der Waals surface area contributed by atoms with Gasteiger partial charge in [0.05, 0.1) is 11.1 Å². The number of carbonyl (C=O) groups excluding carboxylic acids is 2. The Labute approximate surface area is 229 Å². The lowest BCUT2D eigenvalue weighted by Gasteiger charge is -2.14. The lowest BCUT2D eigenvalue weighted by Crippen LogP contribution is -2.13. The van der Waals surface area contributed by atoms with Gasteiger partial charge >= 0.3 is 11.9 Å². The molecule has 0 unspecified atom stereocenters. The topological polar surface area (TPSA) is 93.1 Å². The number of phenols is 2. The molecule has 0 radical (unpaired) electrons. The lowest BCUT2D eigenvalue weighted by molar-refractivity contribution is 0.0726. The molecule has 6 rings (SSSR count). The fraction of sp³-hybridized carbons (Fsp3) is 0. The molecule has 0 aliphatic heterocycles. The van der Waals surface area contributed by atoms with Crippen LogP contribution in [0.2, 0.25) is 0 Å². The standard InChI is InChI=1S/C34H22O6/c35-29-17-5-15-25-23(29)13-7-19-31(25)39-33(37)27-11-3-1-9-21(27)22-10-2-4-12-28(22)34(38)40-32-20-8-14-24-26(32)16-6-18-30(24)36/h1-20,35-36H. The van der Waals surface area contributed by atoms with Crippen molar-refractivity contribution in [2.24, 2.45) is 0 Å². The predicted octanol–water partition coefficient (Wildman–Crippen LogP) is 7.51. The molecular weight excluding hydrogens is 504 g/mol. The molecule has 6 nitrogen and oxygen atoms in total. The second kappa shape index (κ2) is 10.3. The zero-order valence-corrected chi connectivity index (χ0v) is 21.1. The van der Waals surface area contributed by atoms with E-state index in [2.05, 4.69) is 0 Å². The van der Waals surface area contributed by atoms with Crippen molar-refractivity contribution in [2.75, 3.05) is 0 Å². The van der Waals surface area contributed by atoms with Crippen LogP contribution in [-0.2, 0) is 0 Å². The molecule has 0 fully saturated rings. The van der Waals surface area contributed by atoms with Crippen molar-refractivity contribution in [3.63, 3.8) is 0 Å². The number of carbonyl (C=O) groups is 2. The summed E-state index contributed by atoms with van der Waals surface area (Å²) in [5, 5.41) is 22.7. The highest BCUT2D eigenvalue weighted by atomic mass is 16.5. The number of hydrogen-bond acceptors (Lipinski definition) is 6. The Morgan fingerprint density at radius 2 is 0.800 bits per heavy atom. The van der Waals surface area contributed by atoms with Gasteiger partial charge in [-0.25, -0.2) is 9.59 Å². The molecule has 0 aliphatic carbocycles. The van der Waals surface area contributed by atoms with Crippen molar-refractivity contribution in [3.8, 4) is 34.1 Å². The maximum atomic E-state index is 13.5. The fourth-order valence-corrected chi connectivity index (χ4v) is 4.81. The molecule has 0 atom stereocenters. The van der Waals surface area contributed by atoms with E-state index >= 15 is 0 Å². The summed E-state index contributed by atoms with van der Waals surface area (Å²) >= 11 is 0. The number of phenolic OH excluding ortho intramolecular Hbond substituents is 2. The first-order valence-corrected chi connectivity index (χ1v) is 12.6. The molecule has 6 aromatic rings. The molecule has 0 aliphatic rings. The molecule has 0 heterocycles. The number of aromatic hydroxyl groups is 2. The summed E-state index contributed by atoms with van der Waals surface area (Å²) < 4.78 is 11.6. The van der Waals surface area contributed by atoms with Gasteiger partial charge in [0.15, 0.2) is 0 Å². The van der Waals surface area contributed by atoms with Crippen LogP contribution in [0.3, 0.4) is 0 Å². The summed E-state index contributed by atoms with van der Waals surface area (Å²) in [7, 11) is 0. The van der Waals surface area contributed by atoms with Crippen LogP contribution in [0.25, 0.3) is 32.7 Å². The van der Waals surface area contributed by atoms with Gasteiger partial charge in [0.1, 0.15) is 23.0 Å². The van der Waals surface area contributed by atoms with Crippen LogP contribution in [-0.4, -0.2) is 22.2 Å². The molecule has 2 N–H and O–H groups in total. The van der Waals surface area contributed by atoms with Gasteiger partial charge in [0.2, 0.25) is 0 Å². The second-order valence-electron chi connectivity index (χ2n) is 9.13. The number of benzene rings is 6. The van der Waals surface area contributed by atoms with Gasteiger partial charge in [-0.15, -0.1) is 0 Å². The van der Waals surface area contributed by atoms with Crippen molar-refractivity contribution in [3.05, 3.63) is 132 Å². The Hall–Kier alpha value is -5.62. The van der Waals surface area contributed by atoms with Crippen molar-refractivity contribution in [1.82, 2.24) is 0 Å². The first-order chi connectivity index (χ1) is 19.5. The van der Waals surface area contributed by atoms with Crippen molar-refractivity contribution < 1.29 is 29.3 Å². The van der Waals surface area contributed by atoms with E-state index in [0.717, 1.165) is 0 Å². The van der Waals surface area contributed by atoms with Gasteiger partial charge in [-0.2, -0.15) is 0 Å². The van der Waals surface area contributed by atoms with Crippen LogP contribution in [0.15, 0.2) is 121 Å². The van der Waals surface area contributed by atoms with Crippen LogP contribution in [0, 0.1) is 0 Å². The quantitative estimate of drug-likeness (QED) is 0.178. The summed E-state index contributed by atoms with van der Waals surface area (Å²) in [6, 6.07) is 34.0. The molecule has 0 amide bonds. The third-order valence-corrected chi connectivity index (χ3v) is 6.71. The van der Waals surface area contributed by atoms with Gasteiger partial charge in [-0.3, -0.25) is 0 Å². The summed E-state index contributed by atoms with van der Waals surface area (Å²) in [4.78, 5) is 26.9. The van der Waals surface area contributed by atoms with Crippen LogP contribution in [0.4, 0.5) is 0 Å². The highest BCUT2D eigenvalue weighted by Crippen LogP contribution is 2.35. The van der Waals surface area contributed by atoms with Gasteiger partial charge in [0, 0.05) is 21.5 Å². The molecule has 194 valence electrons. The molecule has 0 bridgehead atoms. The normalized spacial score (nSPS) is 10.9. The summed E-state index contributed by atoms with van der Waals surface area (Å²) in [6.07, 6.45) is 0. The Bertz CT molecular complexity index is 1780. The monoisotopic (exact) mass is 526 g/mol. The van der Waals surface area contributed by atoms with E-state index < -0.39 is 11.9 Å². The molecule has 6 aromatic carbocycles. The van der Waals surface area contributed by atoms with Crippen molar-refractivity contribution >= 4 is 33.5 Å². The molecule has 0 spiro atoms. The summed E-state index contributed by atoms with van der Waals surface area (Å²) in [5.41, 5.74) is 1.52. The third-order valence-electron chi connectivity index (χ3n) is 6.71. The molecule has 0 aromatic heterocycles. The van der Waals surface area contributed by atoms with E-state index in [9.17, 15) is 19.8 Å². The van der Waals surface area contributed by atoms with E-state index in [1.165, 1.54) is 0 Å². The minimum absolute atomic E-state index is 0.0876. The first-order valence-electron chi connectivity index (χ1n) is 12.6. The van der Waals surface area contributed by atoms with Crippen LogP contribution >= 0.6 is 0 Å². The SMILES string of the molecule is O=C(Oc1cccc2c(O)cccc12)c1ccccc1-c1ccccc1C(=O)Oc1cccc2c(O)cccc12. The second-order valence-corrected chi connectivity index (χ2v) is 9.13. The van der Waals surface area contributed by atoms with Crippen LogP contribution in [0.5, 0.6) is 23.0 Å². The molecule has 40 heavy (non-hydrogen) atoms. The number of esters is 2. The third kappa shape index (κ3) is 4.48. The number of fused-ring (bicyclic) bond motifs is 2. The Morgan fingerprint density at radius 3 is 1.25 bits per heavy atom. The Balaban J connectivity index is 1.36. The van der Waals surface area contributed by atoms with Crippen molar-refractivity contribution in [2.45, 2.75) is 0 Å². The maximum Gasteiger partial charge on any atom is 0.344 e. The minimum atomic E-state index is -0.612. The molecule has 0 saturated carbocycles.